The molecule has 1 atom stereocenters. The lowest BCUT2D eigenvalue weighted by Gasteiger charge is -2.21. The molecule has 1 aliphatic heterocycles. The van der Waals surface area contributed by atoms with Crippen LogP contribution in [0.5, 0.6) is 0 Å². The van der Waals surface area contributed by atoms with Crippen LogP contribution in [0.4, 0.5) is 4.79 Å². The number of likely N-dealkylation sites (tertiary alicyclic amines) is 1. The predicted molar refractivity (Wildman–Crippen MR) is 85.7 cm³/mol. The number of nitrogens with one attached hydrogen (secondary N) is 1. The van der Waals surface area contributed by atoms with E-state index >= 15 is 0 Å². The highest BCUT2D eigenvalue weighted by atomic mass is 16.2. The summed E-state index contributed by atoms with van der Waals surface area (Å²) in [6.07, 6.45) is 7.67. The van der Waals surface area contributed by atoms with Crippen LogP contribution < -0.4 is 5.32 Å². The summed E-state index contributed by atoms with van der Waals surface area (Å²) in [5, 5.41) is 3.19. The lowest BCUT2D eigenvalue weighted by molar-refractivity contribution is 0.203. The SMILES string of the molecule is O=C(NC1CCCC1)N1CCC(n2cnc3ccccc32)C1. The topological polar surface area (TPSA) is 50.2 Å². The minimum absolute atomic E-state index is 0.110. The minimum Gasteiger partial charge on any atom is -0.335 e. The Balaban J connectivity index is 1.44. The quantitative estimate of drug-likeness (QED) is 0.926. The van der Waals surface area contributed by atoms with Gasteiger partial charge in [0.1, 0.15) is 0 Å². The number of amides is 2. The molecule has 0 radical (unpaired) electrons. The lowest BCUT2D eigenvalue weighted by Crippen LogP contribution is -2.42. The van der Waals surface area contributed by atoms with Gasteiger partial charge in [0, 0.05) is 19.1 Å². The van der Waals surface area contributed by atoms with Gasteiger partial charge < -0.3 is 14.8 Å². The predicted octanol–water partition coefficient (Wildman–Crippen LogP) is 2.94. The molecule has 4 rings (SSSR count). The van der Waals surface area contributed by atoms with Gasteiger partial charge in [0.2, 0.25) is 0 Å². The lowest BCUT2D eigenvalue weighted by atomic mass is 10.2. The van der Waals surface area contributed by atoms with Crippen molar-refractivity contribution in [3.05, 3.63) is 30.6 Å². The van der Waals surface area contributed by atoms with E-state index in [0.29, 0.717) is 12.1 Å². The number of carbonyl (C=O) groups excluding carboxylic acids is 1. The van der Waals surface area contributed by atoms with Crippen LogP contribution in [0.1, 0.15) is 38.1 Å². The van der Waals surface area contributed by atoms with Crippen molar-refractivity contribution < 1.29 is 4.79 Å². The van der Waals surface area contributed by atoms with Crippen LogP contribution in [0.25, 0.3) is 11.0 Å². The molecule has 116 valence electrons. The van der Waals surface area contributed by atoms with Gasteiger partial charge in [-0.05, 0) is 31.4 Å². The number of benzene rings is 1. The summed E-state index contributed by atoms with van der Waals surface area (Å²) in [6.45, 7) is 1.61. The highest BCUT2D eigenvalue weighted by molar-refractivity contribution is 5.76. The van der Waals surface area contributed by atoms with Gasteiger partial charge in [-0.3, -0.25) is 0 Å². The Labute approximate surface area is 130 Å². The Morgan fingerprint density at radius 2 is 2.00 bits per heavy atom. The zero-order chi connectivity index (χ0) is 14.9. The second-order valence-corrected chi connectivity index (χ2v) is 6.46. The van der Waals surface area contributed by atoms with E-state index in [9.17, 15) is 4.79 Å². The van der Waals surface area contributed by atoms with Crippen molar-refractivity contribution in [3.8, 4) is 0 Å². The molecule has 0 spiro atoms. The summed E-state index contributed by atoms with van der Waals surface area (Å²) in [5.41, 5.74) is 2.18. The largest absolute Gasteiger partial charge is 0.335 e. The third kappa shape index (κ3) is 2.45. The van der Waals surface area contributed by atoms with Crippen LogP contribution in [0.15, 0.2) is 30.6 Å². The maximum atomic E-state index is 12.4. The number of urea groups is 1. The minimum atomic E-state index is 0.110. The third-order valence-corrected chi connectivity index (χ3v) is 5.01. The van der Waals surface area contributed by atoms with E-state index in [1.165, 1.54) is 12.8 Å². The first kappa shape index (κ1) is 13.6. The molecule has 0 bridgehead atoms. The van der Waals surface area contributed by atoms with E-state index in [0.717, 1.165) is 43.4 Å². The fraction of sp³-hybridized carbons (Fsp3) is 0.529. The second-order valence-electron chi connectivity index (χ2n) is 6.46. The average Bonchev–Trinajstić information content (AvgIpc) is 3.27. The van der Waals surface area contributed by atoms with Crippen LogP contribution in [0.3, 0.4) is 0 Å². The van der Waals surface area contributed by atoms with E-state index in [1.807, 2.05) is 29.4 Å². The van der Waals surface area contributed by atoms with Crippen LogP contribution in [-0.4, -0.2) is 39.6 Å². The molecule has 1 saturated carbocycles. The zero-order valence-electron chi connectivity index (χ0n) is 12.7. The Hall–Kier alpha value is -2.04. The molecule has 2 fully saturated rings. The van der Waals surface area contributed by atoms with E-state index in [-0.39, 0.29) is 6.03 Å². The van der Waals surface area contributed by atoms with Gasteiger partial charge >= 0.3 is 6.03 Å². The van der Waals surface area contributed by atoms with Crippen molar-refractivity contribution in [2.24, 2.45) is 0 Å². The number of rotatable bonds is 2. The van der Waals surface area contributed by atoms with Crippen LogP contribution in [0.2, 0.25) is 0 Å². The molecule has 1 aromatic heterocycles. The van der Waals surface area contributed by atoms with E-state index < -0.39 is 0 Å². The van der Waals surface area contributed by atoms with Gasteiger partial charge in [-0.2, -0.15) is 0 Å². The maximum Gasteiger partial charge on any atom is 0.317 e. The molecule has 1 N–H and O–H groups in total. The maximum absolute atomic E-state index is 12.4. The standard InChI is InChI=1S/C17H22N4O/c22-17(19-13-5-1-2-6-13)20-10-9-14(11-20)21-12-18-15-7-3-4-8-16(15)21/h3-4,7-8,12-14H,1-2,5-6,9-11H2,(H,19,22). The van der Waals surface area contributed by atoms with Crippen molar-refractivity contribution >= 4 is 17.1 Å². The third-order valence-electron chi connectivity index (χ3n) is 5.01. The Bertz CT molecular complexity index is 674. The number of fused-ring (bicyclic) bond motifs is 1. The average molecular weight is 298 g/mol. The number of para-hydroxylation sites is 2. The highest BCUT2D eigenvalue weighted by Gasteiger charge is 2.29. The molecule has 1 aromatic carbocycles. The molecule has 22 heavy (non-hydrogen) atoms. The van der Waals surface area contributed by atoms with Gasteiger partial charge in [0.15, 0.2) is 0 Å². The summed E-state index contributed by atoms with van der Waals surface area (Å²) < 4.78 is 2.22. The zero-order valence-corrected chi connectivity index (χ0v) is 12.7. The molecule has 1 saturated heterocycles. The molecule has 2 amide bonds. The first-order valence-corrected chi connectivity index (χ1v) is 8.28. The summed E-state index contributed by atoms with van der Waals surface area (Å²) >= 11 is 0. The van der Waals surface area contributed by atoms with Crippen molar-refractivity contribution in [2.75, 3.05) is 13.1 Å². The monoisotopic (exact) mass is 298 g/mol. The number of carbonyl (C=O) groups is 1. The fourth-order valence-corrected chi connectivity index (χ4v) is 3.76. The Kier molecular flexibility index (Phi) is 3.48. The molecule has 2 heterocycles. The summed E-state index contributed by atoms with van der Waals surface area (Å²) in [7, 11) is 0. The summed E-state index contributed by atoms with van der Waals surface area (Å²) in [5.74, 6) is 0. The molecule has 5 nitrogen and oxygen atoms in total. The van der Waals surface area contributed by atoms with Crippen LogP contribution in [0, 0.1) is 0 Å². The van der Waals surface area contributed by atoms with Crippen LogP contribution in [-0.2, 0) is 0 Å². The van der Waals surface area contributed by atoms with Gasteiger partial charge in [0.25, 0.3) is 0 Å². The number of hydrogen-bond donors (Lipinski definition) is 1. The van der Waals surface area contributed by atoms with Crippen molar-refractivity contribution in [1.82, 2.24) is 19.8 Å². The van der Waals surface area contributed by atoms with Crippen molar-refractivity contribution in [3.63, 3.8) is 0 Å². The molecule has 2 aliphatic rings. The first-order valence-electron chi connectivity index (χ1n) is 8.28. The first-order chi connectivity index (χ1) is 10.8. The van der Waals surface area contributed by atoms with Gasteiger partial charge in [0.05, 0.1) is 23.4 Å². The Morgan fingerprint density at radius 3 is 2.86 bits per heavy atom. The Morgan fingerprint density at radius 1 is 1.18 bits per heavy atom. The van der Waals surface area contributed by atoms with E-state index in [4.69, 9.17) is 0 Å². The molecular weight excluding hydrogens is 276 g/mol. The van der Waals surface area contributed by atoms with E-state index in [1.54, 1.807) is 0 Å². The molecule has 1 aliphatic carbocycles. The molecule has 1 unspecified atom stereocenters. The smallest absolute Gasteiger partial charge is 0.317 e. The molecular formula is C17H22N4O. The van der Waals surface area contributed by atoms with Gasteiger partial charge in [-0.1, -0.05) is 25.0 Å². The molecule has 2 aromatic rings. The van der Waals surface area contributed by atoms with Crippen molar-refractivity contribution in [2.45, 2.75) is 44.2 Å². The van der Waals surface area contributed by atoms with E-state index in [2.05, 4.69) is 20.9 Å². The molecule has 5 heteroatoms. The number of aromatic nitrogens is 2. The number of hydrogen-bond acceptors (Lipinski definition) is 2. The number of nitrogens with zero attached hydrogens (tertiary/aromatic N) is 3. The fourth-order valence-electron chi connectivity index (χ4n) is 3.76. The van der Waals surface area contributed by atoms with Gasteiger partial charge in [-0.15, -0.1) is 0 Å². The van der Waals surface area contributed by atoms with Crippen molar-refractivity contribution in [1.29, 1.82) is 0 Å². The highest BCUT2D eigenvalue weighted by Crippen LogP contribution is 2.26. The van der Waals surface area contributed by atoms with Crippen LogP contribution >= 0.6 is 0 Å². The van der Waals surface area contributed by atoms with Gasteiger partial charge in [-0.25, -0.2) is 9.78 Å². The summed E-state index contributed by atoms with van der Waals surface area (Å²) in [4.78, 5) is 18.8. The summed E-state index contributed by atoms with van der Waals surface area (Å²) in [6, 6.07) is 9.02. The normalized spacial score (nSPS) is 22.5. The number of imidazole rings is 1. The second kappa shape index (κ2) is 5.63.